The number of cyclic esters (lactones) is 1. The molecule has 0 N–H and O–H groups in total. The van der Waals surface area contributed by atoms with Crippen LogP contribution in [0, 0.1) is 5.92 Å². The van der Waals surface area contributed by atoms with Gasteiger partial charge in [-0.25, -0.2) is 0 Å². The molecule has 0 saturated carbocycles. The number of ketones is 1. The molecule has 1 heterocycles. The fraction of sp³-hybridized carbons (Fsp3) is 0.750. The van der Waals surface area contributed by atoms with E-state index < -0.39 is 0 Å². The lowest BCUT2D eigenvalue weighted by atomic mass is 10.1. The lowest BCUT2D eigenvalue weighted by Gasteiger charge is -1.95. The third kappa shape index (κ3) is 14.6. The van der Waals surface area contributed by atoms with Gasteiger partial charge in [0.25, 0.3) is 0 Å². The first-order valence-electron chi connectivity index (χ1n) is 5.42. The summed E-state index contributed by atoms with van der Waals surface area (Å²) in [5.74, 6) is 0.00694. The highest BCUT2D eigenvalue weighted by Crippen LogP contribution is 2.18. The number of ether oxygens (including phenoxy) is 2. The number of carbonyl (C=O) groups is 3. The minimum atomic E-state index is -0.245. The predicted octanol–water partition coefficient (Wildman–Crippen LogP) is 1.73. The third-order valence-corrected chi connectivity index (χ3v) is 1.69. The molecular weight excluding hydrogens is 224 g/mol. The van der Waals surface area contributed by atoms with E-state index in [2.05, 4.69) is 4.74 Å². The van der Waals surface area contributed by atoms with Crippen LogP contribution >= 0.6 is 0 Å². The zero-order valence-electron chi connectivity index (χ0n) is 11.4. The maximum atomic E-state index is 10.6. The summed E-state index contributed by atoms with van der Waals surface area (Å²) in [5.41, 5.74) is 0. The number of hydrogen-bond donors (Lipinski definition) is 0. The number of carbonyl (C=O) groups excluding carboxylic acids is 3. The lowest BCUT2D eigenvalue weighted by molar-refractivity contribution is -0.143. The number of rotatable bonds is 0. The highest BCUT2D eigenvalue weighted by atomic mass is 16.5. The number of hydrogen-bond acceptors (Lipinski definition) is 5. The number of methoxy groups -OCH3 is 1. The van der Waals surface area contributed by atoms with E-state index in [-0.39, 0.29) is 29.7 Å². The second-order valence-electron chi connectivity index (χ2n) is 3.99. The van der Waals surface area contributed by atoms with Gasteiger partial charge in [-0.3, -0.25) is 9.59 Å². The van der Waals surface area contributed by atoms with E-state index in [1.807, 2.05) is 13.8 Å². The Labute approximate surface area is 102 Å². The van der Waals surface area contributed by atoms with Gasteiger partial charge in [-0.15, -0.1) is 0 Å². The van der Waals surface area contributed by atoms with E-state index >= 15 is 0 Å². The summed E-state index contributed by atoms with van der Waals surface area (Å²) < 4.78 is 8.95. The van der Waals surface area contributed by atoms with Gasteiger partial charge in [0.15, 0.2) is 0 Å². The Bertz CT molecular complexity index is 256. The zero-order valence-corrected chi connectivity index (χ0v) is 11.4. The first kappa shape index (κ1) is 18.0. The largest absolute Gasteiger partial charge is 0.469 e. The molecule has 0 amide bonds. The van der Waals surface area contributed by atoms with Crippen molar-refractivity contribution in [3.05, 3.63) is 0 Å². The van der Waals surface area contributed by atoms with E-state index in [9.17, 15) is 14.4 Å². The van der Waals surface area contributed by atoms with Crippen LogP contribution in [0.5, 0.6) is 0 Å². The van der Waals surface area contributed by atoms with Gasteiger partial charge in [0.1, 0.15) is 5.78 Å². The van der Waals surface area contributed by atoms with Crippen molar-refractivity contribution in [2.24, 2.45) is 5.92 Å². The Kier molecular flexibility index (Phi) is 10.4. The second kappa shape index (κ2) is 9.81. The van der Waals surface area contributed by atoms with E-state index in [1.54, 1.807) is 0 Å². The average molecular weight is 246 g/mol. The van der Waals surface area contributed by atoms with Crippen molar-refractivity contribution in [2.75, 3.05) is 7.11 Å². The first-order chi connectivity index (χ1) is 7.70. The SMILES string of the molecule is CC(C)=O.CC1CC(C)C(=O)O1.COC(C)=O. The number of Topliss-reactive ketones (excluding diaryl/α,β-unsaturated/α-hetero) is 1. The van der Waals surface area contributed by atoms with Gasteiger partial charge in [-0.1, -0.05) is 6.92 Å². The summed E-state index contributed by atoms with van der Waals surface area (Å²) in [5, 5.41) is 0. The van der Waals surface area contributed by atoms with E-state index in [0.717, 1.165) is 6.42 Å². The van der Waals surface area contributed by atoms with Gasteiger partial charge in [0, 0.05) is 6.92 Å². The topological polar surface area (TPSA) is 69.7 Å². The van der Waals surface area contributed by atoms with Crippen molar-refractivity contribution in [2.45, 2.75) is 47.1 Å². The molecule has 1 rings (SSSR count). The van der Waals surface area contributed by atoms with E-state index in [0.29, 0.717) is 0 Å². The molecule has 100 valence electrons. The third-order valence-electron chi connectivity index (χ3n) is 1.69. The summed E-state index contributed by atoms with van der Waals surface area (Å²) in [6.45, 7) is 8.23. The molecule has 0 radical (unpaired) electrons. The number of esters is 2. The Morgan fingerprint density at radius 1 is 1.24 bits per heavy atom. The van der Waals surface area contributed by atoms with Crippen LogP contribution in [-0.2, 0) is 23.9 Å². The Morgan fingerprint density at radius 3 is 1.65 bits per heavy atom. The van der Waals surface area contributed by atoms with Crippen LogP contribution in [0.1, 0.15) is 41.0 Å². The van der Waals surface area contributed by atoms with Crippen molar-refractivity contribution < 1.29 is 23.9 Å². The molecule has 1 fully saturated rings. The quantitative estimate of drug-likeness (QED) is 0.609. The second-order valence-corrected chi connectivity index (χ2v) is 3.99. The van der Waals surface area contributed by atoms with Crippen LogP contribution in [0.2, 0.25) is 0 Å². The monoisotopic (exact) mass is 246 g/mol. The molecule has 2 atom stereocenters. The molecule has 1 saturated heterocycles. The molecule has 0 aromatic heterocycles. The predicted molar refractivity (Wildman–Crippen MR) is 63.4 cm³/mol. The average Bonchev–Trinajstić information content (AvgIpc) is 2.44. The maximum absolute atomic E-state index is 10.6. The molecule has 0 spiro atoms. The van der Waals surface area contributed by atoms with Gasteiger partial charge in [-0.05, 0) is 27.2 Å². The normalized spacial score (nSPS) is 21.2. The molecule has 0 aliphatic carbocycles. The lowest BCUT2D eigenvalue weighted by Crippen LogP contribution is -2.02. The molecule has 0 aromatic rings. The van der Waals surface area contributed by atoms with Crippen molar-refractivity contribution in [3.8, 4) is 0 Å². The summed E-state index contributed by atoms with van der Waals surface area (Å²) in [7, 11) is 1.35. The fourth-order valence-corrected chi connectivity index (χ4v) is 0.957. The van der Waals surface area contributed by atoms with E-state index in [1.165, 1.54) is 27.9 Å². The van der Waals surface area contributed by atoms with Gasteiger partial charge in [-0.2, -0.15) is 0 Å². The van der Waals surface area contributed by atoms with E-state index in [4.69, 9.17) is 4.74 Å². The highest BCUT2D eigenvalue weighted by molar-refractivity contribution is 5.74. The van der Waals surface area contributed by atoms with Crippen LogP contribution in [-0.4, -0.2) is 30.9 Å². The summed E-state index contributed by atoms with van der Waals surface area (Å²) in [6, 6.07) is 0. The minimum Gasteiger partial charge on any atom is -0.469 e. The molecule has 5 nitrogen and oxygen atoms in total. The minimum absolute atomic E-state index is 0.0440. The van der Waals surface area contributed by atoms with Crippen LogP contribution in [0.25, 0.3) is 0 Å². The molecule has 2 unspecified atom stereocenters. The fourth-order valence-electron chi connectivity index (χ4n) is 0.957. The Balaban J connectivity index is 0. The van der Waals surface area contributed by atoms with Crippen molar-refractivity contribution in [1.29, 1.82) is 0 Å². The Hall–Kier alpha value is -1.39. The summed E-state index contributed by atoms with van der Waals surface area (Å²) in [4.78, 5) is 29.6. The summed E-state index contributed by atoms with van der Waals surface area (Å²) in [6.07, 6.45) is 1.04. The molecule has 1 aliphatic heterocycles. The van der Waals surface area contributed by atoms with Crippen LogP contribution in [0.4, 0.5) is 0 Å². The molecule has 1 aliphatic rings. The van der Waals surface area contributed by atoms with Crippen LogP contribution in [0.15, 0.2) is 0 Å². The van der Waals surface area contributed by atoms with Crippen molar-refractivity contribution in [1.82, 2.24) is 0 Å². The van der Waals surface area contributed by atoms with Gasteiger partial charge in [0.05, 0.1) is 19.1 Å². The molecule has 0 aromatic carbocycles. The molecule has 17 heavy (non-hydrogen) atoms. The van der Waals surface area contributed by atoms with Gasteiger partial charge in [0.2, 0.25) is 0 Å². The van der Waals surface area contributed by atoms with Crippen molar-refractivity contribution in [3.63, 3.8) is 0 Å². The summed E-state index contributed by atoms with van der Waals surface area (Å²) >= 11 is 0. The Morgan fingerprint density at radius 2 is 1.59 bits per heavy atom. The standard InChI is InChI=1S/C6H10O2.C3H6O2.C3H6O/c1-4-3-5(2)8-6(4)7;1-3(4)5-2;1-3(2)4/h4-5H,3H2,1-2H3;1-2H3;1-2H3. The highest BCUT2D eigenvalue weighted by Gasteiger charge is 2.27. The smallest absolute Gasteiger partial charge is 0.309 e. The van der Waals surface area contributed by atoms with Crippen LogP contribution < -0.4 is 0 Å². The molecule has 5 heteroatoms. The van der Waals surface area contributed by atoms with Crippen molar-refractivity contribution >= 4 is 17.7 Å². The molecular formula is C12H22O5. The zero-order chi connectivity index (χ0) is 14.0. The van der Waals surface area contributed by atoms with Crippen LogP contribution in [0.3, 0.4) is 0 Å². The first-order valence-corrected chi connectivity index (χ1v) is 5.42. The van der Waals surface area contributed by atoms with Gasteiger partial charge < -0.3 is 14.3 Å². The van der Waals surface area contributed by atoms with Gasteiger partial charge >= 0.3 is 11.9 Å². The maximum Gasteiger partial charge on any atom is 0.309 e. The molecule has 0 bridgehead atoms.